The third kappa shape index (κ3) is 3.42. The minimum atomic E-state index is -0.751. The van der Waals surface area contributed by atoms with Gasteiger partial charge in [0.1, 0.15) is 17.4 Å². The maximum Gasteiger partial charge on any atom is 0.232 e. The molecular formula is C19H22N6O3. The summed E-state index contributed by atoms with van der Waals surface area (Å²) >= 11 is 0. The fourth-order valence-electron chi connectivity index (χ4n) is 3.57. The van der Waals surface area contributed by atoms with E-state index in [9.17, 15) is 9.59 Å². The number of rotatable bonds is 4. The fourth-order valence-corrected chi connectivity index (χ4v) is 3.57. The molecule has 0 saturated carbocycles. The molecule has 0 spiro atoms. The summed E-state index contributed by atoms with van der Waals surface area (Å²) in [6.45, 7) is 1.71. The first kappa shape index (κ1) is 18.0. The van der Waals surface area contributed by atoms with Crippen molar-refractivity contribution >= 4 is 35.1 Å². The zero-order valence-corrected chi connectivity index (χ0v) is 15.6. The number of hydrogen-bond acceptors (Lipinski definition) is 7. The van der Waals surface area contributed by atoms with Crippen molar-refractivity contribution in [3.63, 3.8) is 0 Å². The number of amides is 2. The van der Waals surface area contributed by atoms with Crippen LogP contribution < -0.4 is 26.0 Å². The number of fused-ring (bicyclic) bond motifs is 1. The van der Waals surface area contributed by atoms with E-state index in [1.165, 1.54) is 0 Å². The highest BCUT2D eigenvalue weighted by atomic mass is 16.5. The van der Waals surface area contributed by atoms with Crippen LogP contribution in [0.3, 0.4) is 0 Å². The van der Waals surface area contributed by atoms with Crippen molar-refractivity contribution in [3.05, 3.63) is 29.8 Å². The zero-order valence-electron chi connectivity index (χ0n) is 15.6. The lowest BCUT2D eigenvalue weighted by Crippen LogP contribution is -2.33. The fraction of sp³-hybridized carbons (Fsp3) is 0.368. The van der Waals surface area contributed by atoms with Crippen molar-refractivity contribution in [1.82, 2.24) is 9.97 Å². The van der Waals surface area contributed by atoms with Crippen molar-refractivity contribution in [3.8, 4) is 5.75 Å². The molecule has 146 valence electrons. The Bertz CT molecular complexity index is 909. The highest BCUT2D eigenvalue weighted by molar-refractivity contribution is 6.05. The second-order valence-corrected chi connectivity index (χ2v) is 6.89. The van der Waals surface area contributed by atoms with E-state index in [-0.39, 0.29) is 24.1 Å². The van der Waals surface area contributed by atoms with E-state index in [1.54, 1.807) is 31.4 Å². The molecule has 4 N–H and O–H groups in total. The maximum atomic E-state index is 12.9. The predicted molar refractivity (Wildman–Crippen MR) is 106 cm³/mol. The number of aromatic nitrogens is 2. The largest absolute Gasteiger partial charge is 0.497 e. The van der Waals surface area contributed by atoms with E-state index in [2.05, 4.69) is 20.6 Å². The molecule has 0 radical (unpaired) electrons. The van der Waals surface area contributed by atoms with Gasteiger partial charge in [0.05, 0.1) is 18.6 Å². The number of nitrogens with one attached hydrogen (secondary N) is 2. The molecule has 2 aliphatic rings. The summed E-state index contributed by atoms with van der Waals surface area (Å²) in [5.41, 5.74) is 7.26. The third-order valence-corrected chi connectivity index (χ3v) is 5.02. The van der Waals surface area contributed by atoms with Gasteiger partial charge < -0.3 is 26.0 Å². The lowest BCUT2D eigenvalue weighted by molar-refractivity contribution is -0.123. The summed E-state index contributed by atoms with van der Waals surface area (Å²) in [7, 11) is 1.57. The Hall–Kier alpha value is -3.36. The Labute approximate surface area is 162 Å². The van der Waals surface area contributed by atoms with Crippen molar-refractivity contribution in [2.45, 2.75) is 25.2 Å². The second-order valence-electron chi connectivity index (χ2n) is 6.89. The van der Waals surface area contributed by atoms with E-state index in [1.807, 2.05) is 4.90 Å². The molecule has 0 unspecified atom stereocenters. The summed E-state index contributed by atoms with van der Waals surface area (Å²) in [6, 6.07) is 6.96. The minimum absolute atomic E-state index is 0.00832. The summed E-state index contributed by atoms with van der Waals surface area (Å²) in [5.74, 6) is 0.372. The third-order valence-electron chi connectivity index (χ3n) is 5.02. The number of nitrogens with zero attached hydrogens (tertiary/aromatic N) is 3. The van der Waals surface area contributed by atoms with Gasteiger partial charge in [0.2, 0.25) is 17.8 Å². The smallest absolute Gasteiger partial charge is 0.232 e. The molecule has 28 heavy (non-hydrogen) atoms. The van der Waals surface area contributed by atoms with Crippen molar-refractivity contribution < 1.29 is 14.3 Å². The van der Waals surface area contributed by atoms with Gasteiger partial charge in [0, 0.05) is 25.2 Å². The van der Waals surface area contributed by atoms with Crippen LogP contribution in [0.1, 0.15) is 30.7 Å². The van der Waals surface area contributed by atoms with Gasteiger partial charge in [-0.25, -0.2) is 0 Å². The van der Waals surface area contributed by atoms with Gasteiger partial charge in [-0.05, 0) is 37.1 Å². The average molecular weight is 382 g/mol. The average Bonchev–Trinajstić information content (AvgIpc) is 3.22. The lowest BCUT2D eigenvalue weighted by atomic mass is 9.92. The van der Waals surface area contributed by atoms with Crippen LogP contribution in [0.2, 0.25) is 0 Å². The molecule has 9 nitrogen and oxygen atoms in total. The lowest BCUT2D eigenvalue weighted by Gasteiger charge is -2.26. The van der Waals surface area contributed by atoms with Crippen molar-refractivity contribution in [2.24, 2.45) is 0 Å². The molecule has 2 aromatic rings. The van der Waals surface area contributed by atoms with Crippen LogP contribution >= 0.6 is 0 Å². The predicted octanol–water partition coefficient (Wildman–Crippen LogP) is 1.73. The Morgan fingerprint density at radius 2 is 1.96 bits per heavy atom. The highest BCUT2D eigenvalue weighted by Crippen LogP contribution is 2.37. The first-order valence-electron chi connectivity index (χ1n) is 9.22. The molecular weight excluding hydrogens is 360 g/mol. The minimum Gasteiger partial charge on any atom is -0.497 e. The van der Waals surface area contributed by atoms with Crippen LogP contribution in [0.25, 0.3) is 0 Å². The molecule has 0 bridgehead atoms. The molecule has 2 amide bonds. The van der Waals surface area contributed by atoms with Gasteiger partial charge in [-0.1, -0.05) is 0 Å². The molecule has 1 aromatic carbocycles. The van der Waals surface area contributed by atoms with Crippen LogP contribution in [-0.4, -0.2) is 42.0 Å². The highest BCUT2D eigenvalue weighted by Gasteiger charge is 2.35. The van der Waals surface area contributed by atoms with Gasteiger partial charge in [-0.15, -0.1) is 0 Å². The Morgan fingerprint density at radius 3 is 2.64 bits per heavy atom. The summed E-state index contributed by atoms with van der Waals surface area (Å²) in [6.07, 6.45) is 2.13. The molecule has 1 atom stereocenters. The SMILES string of the molecule is COc1ccc(NC(=O)[C@@H]2CC(=O)Nc3nc(N4CCCC4)nc(N)c32)cc1. The number of anilines is 4. The van der Waals surface area contributed by atoms with E-state index in [0.717, 1.165) is 25.9 Å². The standard InChI is InChI=1S/C19H22N6O3/c1-28-12-6-4-11(5-7-12)21-18(27)13-10-14(26)22-17-15(13)16(20)23-19(24-17)25-8-2-3-9-25/h4-7,13H,2-3,8-10H2,1H3,(H,21,27)(H3,20,22,23,24,26)/t13-/m1/s1. The quantitative estimate of drug-likeness (QED) is 0.736. The molecule has 4 rings (SSSR count). The Balaban J connectivity index is 1.61. The Morgan fingerprint density at radius 1 is 1.25 bits per heavy atom. The van der Waals surface area contributed by atoms with E-state index < -0.39 is 5.92 Å². The number of carbonyl (C=O) groups excluding carboxylic acids is 2. The molecule has 2 aliphatic heterocycles. The van der Waals surface area contributed by atoms with Crippen LogP contribution in [0.4, 0.5) is 23.3 Å². The van der Waals surface area contributed by atoms with Gasteiger partial charge in [0.25, 0.3) is 0 Å². The number of ether oxygens (including phenoxy) is 1. The summed E-state index contributed by atoms with van der Waals surface area (Å²) < 4.78 is 5.12. The van der Waals surface area contributed by atoms with Gasteiger partial charge >= 0.3 is 0 Å². The first-order valence-corrected chi connectivity index (χ1v) is 9.22. The first-order chi connectivity index (χ1) is 13.5. The molecule has 1 aromatic heterocycles. The summed E-state index contributed by atoms with van der Waals surface area (Å²) in [5, 5.41) is 5.56. The van der Waals surface area contributed by atoms with Gasteiger partial charge in [-0.2, -0.15) is 9.97 Å². The normalized spacial score (nSPS) is 18.4. The van der Waals surface area contributed by atoms with Crippen LogP contribution in [0, 0.1) is 0 Å². The van der Waals surface area contributed by atoms with Crippen LogP contribution in [0.5, 0.6) is 5.75 Å². The van der Waals surface area contributed by atoms with Crippen LogP contribution in [-0.2, 0) is 9.59 Å². The molecule has 9 heteroatoms. The van der Waals surface area contributed by atoms with Crippen molar-refractivity contribution in [1.29, 1.82) is 0 Å². The topological polar surface area (TPSA) is 122 Å². The molecule has 0 aliphatic carbocycles. The molecule has 3 heterocycles. The number of benzene rings is 1. The monoisotopic (exact) mass is 382 g/mol. The van der Waals surface area contributed by atoms with Gasteiger partial charge in [0.15, 0.2) is 0 Å². The number of nitrogens with two attached hydrogens (primary N) is 1. The zero-order chi connectivity index (χ0) is 19.7. The number of carbonyl (C=O) groups is 2. The maximum absolute atomic E-state index is 12.9. The summed E-state index contributed by atoms with van der Waals surface area (Å²) in [4.78, 5) is 36.0. The van der Waals surface area contributed by atoms with E-state index in [0.29, 0.717) is 28.8 Å². The van der Waals surface area contributed by atoms with Crippen LogP contribution in [0.15, 0.2) is 24.3 Å². The second kappa shape index (κ2) is 7.34. The number of nitrogen functional groups attached to an aromatic ring is 1. The van der Waals surface area contributed by atoms with Gasteiger partial charge in [-0.3, -0.25) is 9.59 Å². The van der Waals surface area contributed by atoms with Crippen molar-refractivity contribution in [2.75, 3.05) is 41.5 Å². The van der Waals surface area contributed by atoms with E-state index >= 15 is 0 Å². The molecule has 1 fully saturated rings. The molecule has 1 saturated heterocycles. The number of hydrogen-bond donors (Lipinski definition) is 3. The number of methoxy groups -OCH3 is 1. The Kier molecular flexibility index (Phi) is 4.72. The van der Waals surface area contributed by atoms with E-state index in [4.69, 9.17) is 10.5 Å².